The van der Waals surface area contributed by atoms with Gasteiger partial charge in [-0.2, -0.15) is 0 Å². The van der Waals surface area contributed by atoms with Gasteiger partial charge in [0, 0.05) is 0 Å². The molecule has 0 unspecified atom stereocenters. The summed E-state index contributed by atoms with van der Waals surface area (Å²) in [5, 5.41) is 28.2. The highest BCUT2D eigenvalue weighted by molar-refractivity contribution is 4.87. The smallest absolute Gasteiger partial charge is 0.186 e. The van der Waals surface area contributed by atoms with Crippen LogP contribution in [-0.4, -0.2) is 52.6 Å². The molecule has 0 radical (unpaired) electrons. The Morgan fingerprint density at radius 2 is 1.93 bits per heavy atom. The number of aliphatic hydroxyl groups excluding tert-OH is 3. The zero-order chi connectivity index (χ0) is 10.7. The quantitative estimate of drug-likeness (QED) is 0.515. The Labute approximate surface area is 82.6 Å². The molecule has 5 heteroatoms. The molecule has 3 N–H and O–H groups in total. The van der Waals surface area contributed by atoms with E-state index in [0.29, 0.717) is 0 Å². The molecule has 0 spiro atoms. The molecule has 0 aromatic heterocycles. The minimum absolute atomic E-state index is 0.220. The lowest BCUT2D eigenvalue weighted by Gasteiger charge is -2.38. The highest BCUT2D eigenvalue weighted by Crippen LogP contribution is 2.21. The Balaban J connectivity index is 2.55. The summed E-state index contributed by atoms with van der Waals surface area (Å²) in [5.41, 5.74) is 0. The summed E-state index contributed by atoms with van der Waals surface area (Å²) in [7, 11) is 0. The van der Waals surface area contributed by atoms with Crippen LogP contribution in [0.2, 0.25) is 0 Å². The first kappa shape index (κ1) is 11.6. The van der Waals surface area contributed by atoms with Crippen molar-refractivity contribution in [1.29, 1.82) is 0 Å². The van der Waals surface area contributed by atoms with Gasteiger partial charge in [0.05, 0.1) is 12.7 Å². The fourth-order valence-electron chi connectivity index (χ4n) is 1.31. The lowest BCUT2D eigenvalue weighted by molar-refractivity contribution is -0.290. The van der Waals surface area contributed by atoms with Gasteiger partial charge in [-0.05, 0) is 6.92 Å². The van der Waals surface area contributed by atoms with Gasteiger partial charge in [0.15, 0.2) is 6.29 Å². The van der Waals surface area contributed by atoms with Crippen LogP contribution < -0.4 is 0 Å². The first-order chi connectivity index (χ1) is 6.57. The molecule has 1 fully saturated rings. The van der Waals surface area contributed by atoms with Crippen molar-refractivity contribution in [3.63, 3.8) is 0 Å². The van der Waals surface area contributed by atoms with E-state index in [1.807, 2.05) is 0 Å². The predicted octanol–water partition coefficient (Wildman–Crippen LogP) is -0.984. The molecular weight excluding hydrogens is 188 g/mol. The van der Waals surface area contributed by atoms with Crippen LogP contribution in [0, 0.1) is 0 Å². The number of aliphatic hydroxyl groups is 3. The van der Waals surface area contributed by atoms with Gasteiger partial charge >= 0.3 is 0 Å². The van der Waals surface area contributed by atoms with E-state index in [9.17, 15) is 15.3 Å². The van der Waals surface area contributed by atoms with Crippen molar-refractivity contribution in [2.45, 2.75) is 37.6 Å². The molecule has 0 aliphatic carbocycles. The van der Waals surface area contributed by atoms with Crippen molar-refractivity contribution in [2.24, 2.45) is 0 Å². The predicted molar refractivity (Wildman–Crippen MR) is 48.5 cm³/mol. The highest BCUT2D eigenvalue weighted by atomic mass is 16.7. The van der Waals surface area contributed by atoms with Crippen molar-refractivity contribution in [1.82, 2.24) is 0 Å². The van der Waals surface area contributed by atoms with E-state index in [0.717, 1.165) is 0 Å². The second kappa shape index (κ2) is 4.86. The largest absolute Gasteiger partial charge is 0.388 e. The van der Waals surface area contributed by atoms with E-state index in [4.69, 9.17) is 9.47 Å². The number of hydrogen-bond acceptors (Lipinski definition) is 5. The normalized spacial score (nSPS) is 43.6. The topological polar surface area (TPSA) is 79.2 Å². The molecule has 0 saturated carbocycles. The molecule has 5 atom stereocenters. The SMILES string of the molecule is C=CCO[C@@H]1O[C@@H](C)[C@@H](O)[C@@H](O)[C@@H]1O. The van der Waals surface area contributed by atoms with Gasteiger partial charge in [-0.25, -0.2) is 0 Å². The molecule has 1 aliphatic rings. The van der Waals surface area contributed by atoms with Crippen LogP contribution in [0.5, 0.6) is 0 Å². The third kappa shape index (κ3) is 2.31. The van der Waals surface area contributed by atoms with E-state index in [1.54, 1.807) is 6.92 Å². The monoisotopic (exact) mass is 204 g/mol. The van der Waals surface area contributed by atoms with Crippen molar-refractivity contribution >= 4 is 0 Å². The summed E-state index contributed by atoms with van der Waals surface area (Å²) in [6, 6.07) is 0. The van der Waals surface area contributed by atoms with Crippen LogP contribution in [0.25, 0.3) is 0 Å². The van der Waals surface area contributed by atoms with E-state index < -0.39 is 30.7 Å². The lowest BCUT2D eigenvalue weighted by Crippen LogP contribution is -2.57. The second-order valence-corrected chi connectivity index (χ2v) is 3.30. The third-order valence-corrected chi connectivity index (χ3v) is 2.19. The Kier molecular flexibility index (Phi) is 4.03. The standard InChI is InChI=1S/C9H16O5/c1-3-4-13-9-8(12)7(11)6(10)5(2)14-9/h3,5-12H,1,4H2,2H3/t5-,6+,7+,8-,9+/m0/s1. The maximum absolute atomic E-state index is 9.46. The number of rotatable bonds is 3. The first-order valence-electron chi connectivity index (χ1n) is 4.50. The summed E-state index contributed by atoms with van der Waals surface area (Å²) in [5.74, 6) is 0. The van der Waals surface area contributed by atoms with E-state index in [1.165, 1.54) is 6.08 Å². The Morgan fingerprint density at radius 1 is 1.29 bits per heavy atom. The van der Waals surface area contributed by atoms with Crippen LogP contribution in [0.4, 0.5) is 0 Å². The zero-order valence-corrected chi connectivity index (χ0v) is 8.04. The fraction of sp³-hybridized carbons (Fsp3) is 0.778. The Bertz CT molecular complexity index is 196. The Morgan fingerprint density at radius 3 is 2.50 bits per heavy atom. The van der Waals surface area contributed by atoms with Crippen molar-refractivity contribution < 1.29 is 24.8 Å². The first-order valence-corrected chi connectivity index (χ1v) is 4.50. The zero-order valence-electron chi connectivity index (χ0n) is 8.04. The average Bonchev–Trinajstić information content (AvgIpc) is 2.18. The minimum atomic E-state index is -1.24. The lowest BCUT2D eigenvalue weighted by atomic mass is 10.0. The van der Waals surface area contributed by atoms with Gasteiger partial charge in [0.2, 0.25) is 0 Å². The van der Waals surface area contributed by atoms with Gasteiger partial charge in [0.1, 0.15) is 18.3 Å². The summed E-state index contributed by atoms with van der Waals surface area (Å²) in [6.07, 6.45) is -3.54. The van der Waals surface area contributed by atoms with Crippen LogP contribution >= 0.6 is 0 Å². The molecule has 0 amide bonds. The summed E-state index contributed by atoms with van der Waals surface area (Å²) in [4.78, 5) is 0. The fourth-order valence-corrected chi connectivity index (χ4v) is 1.31. The summed E-state index contributed by atoms with van der Waals surface area (Å²) < 4.78 is 10.2. The van der Waals surface area contributed by atoms with Crippen LogP contribution in [0.1, 0.15) is 6.92 Å². The molecule has 0 bridgehead atoms. The molecule has 1 heterocycles. The molecule has 5 nitrogen and oxygen atoms in total. The molecule has 0 aromatic carbocycles. The molecule has 1 rings (SSSR count). The number of ether oxygens (including phenoxy) is 2. The van der Waals surface area contributed by atoms with Gasteiger partial charge in [-0.3, -0.25) is 0 Å². The van der Waals surface area contributed by atoms with Crippen molar-refractivity contribution in [3.05, 3.63) is 12.7 Å². The van der Waals surface area contributed by atoms with Crippen molar-refractivity contribution in [2.75, 3.05) is 6.61 Å². The van der Waals surface area contributed by atoms with E-state index in [-0.39, 0.29) is 6.61 Å². The summed E-state index contributed by atoms with van der Waals surface area (Å²) >= 11 is 0. The van der Waals surface area contributed by atoms with Gasteiger partial charge in [-0.1, -0.05) is 6.08 Å². The molecule has 1 saturated heterocycles. The van der Waals surface area contributed by atoms with E-state index in [2.05, 4.69) is 6.58 Å². The minimum Gasteiger partial charge on any atom is -0.388 e. The maximum Gasteiger partial charge on any atom is 0.186 e. The van der Waals surface area contributed by atoms with Crippen LogP contribution in [0.15, 0.2) is 12.7 Å². The summed E-state index contributed by atoms with van der Waals surface area (Å²) in [6.45, 7) is 5.27. The number of hydrogen-bond donors (Lipinski definition) is 3. The van der Waals surface area contributed by atoms with Gasteiger partial charge in [0.25, 0.3) is 0 Å². The van der Waals surface area contributed by atoms with E-state index >= 15 is 0 Å². The molecule has 0 aromatic rings. The maximum atomic E-state index is 9.46. The highest BCUT2D eigenvalue weighted by Gasteiger charge is 2.42. The van der Waals surface area contributed by atoms with Crippen LogP contribution in [0.3, 0.4) is 0 Å². The van der Waals surface area contributed by atoms with Gasteiger partial charge < -0.3 is 24.8 Å². The molecule has 14 heavy (non-hydrogen) atoms. The Hall–Kier alpha value is -0.460. The van der Waals surface area contributed by atoms with Gasteiger partial charge in [-0.15, -0.1) is 6.58 Å². The molecular formula is C9H16O5. The second-order valence-electron chi connectivity index (χ2n) is 3.30. The third-order valence-electron chi connectivity index (χ3n) is 2.19. The van der Waals surface area contributed by atoms with Crippen molar-refractivity contribution in [3.8, 4) is 0 Å². The molecule has 1 aliphatic heterocycles. The molecule has 82 valence electrons. The average molecular weight is 204 g/mol. The van der Waals surface area contributed by atoms with Crippen LogP contribution in [-0.2, 0) is 9.47 Å².